The van der Waals surface area contributed by atoms with Crippen LogP contribution in [0.3, 0.4) is 0 Å². The molecule has 3 fully saturated rings. The third-order valence-corrected chi connectivity index (χ3v) is 10.4. The molecule has 6 rings (SSSR count). The van der Waals surface area contributed by atoms with Crippen molar-refractivity contribution in [2.75, 3.05) is 52.7 Å². The van der Waals surface area contributed by atoms with Gasteiger partial charge in [-0.25, -0.2) is 9.18 Å². The number of fused-ring (bicyclic) bond motifs is 1. The molecule has 3 aliphatic rings. The number of ether oxygens (including phenoxy) is 2. The first-order valence-corrected chi connectivity index (χ1v) is 17.2. The van der Waals surface area contributed by atoms with E-state index in [9.17, 15) is 18.8 Å². The molecule has 0 spiro atoms. The van der Waals surface area contributed by atoms with Gasteiger partial charge in [0.15, 0.2) is 5.78 Å². The molecule has 3 atom stereocenters. The number of nitrogens with zero attached hydrogens (tertiary/aromatic N) is 2. The number of Topliss-reactive ketones (excluding diaryl/α,β-unsaturated/α-hetero) is 1. The van der Waals surface area contributed by atoms with E-state index in [2.05, 4.69) is 9.88 Å². The van der Waals surface area contributed by atoms with Gasteiger partial charge in [-0.05, 0) is 73.8 Å². The number of likely N-dealkylation sites (tertiary alicyclic amines) is 1. The van der Waals surface area contributed by atoms with Gasteiger partial charge in [0.25, 0.3) is 0 Å². The fourth-order valence-electron chi connectivity index (χ4n) is 7.71. The molecule has 47 heavy (non-hydrogen) atoms. The van der Waals surface area contributed by atoms with Crippen LogP contribution in [0, 0.1) is 11.8 Å². The van der Waals surface area contributed by atoms with Crippen molar-refractivity contribution in [1.29, 1.82) is 0 Å². The molecule has 0 radical (unpaired) electrons. The molecular weight excluding hydrogens is 599 g/mol. The topological polar surface area (TPSA) is 118 Å². The lowest BCUT2D eigenvalue weighted by atomic mass is 9.78. The fraction of sp³-hybridized carbons (Fsp3) is 0.541. The minimum absolute atomic E-state index is 0.00706. The van der Waals surface area contributed by atoms with Crippen LogP contribution in [0.4, 0.5) is 4.39 Å². The van der Waals surface area contributed by atoms with Crippen LogP contribution >= 0.6 is 0 Å². The number of amides is 1. The molecule has 10 heteroatoms. The van der Waals surface area contributed by atoms with Gasteiger partial charge in [0.05, 0.1) is 25.9 Å². The number of halogens is 1. The van der Waals surface area contributed by atoms with Crippen molar-refractivity contribution in [1.82, 2.24) is 14.8 Å². The molecule has 0 unspecified atom stereocenters. The number of hydrogen-bond donors (Lipinski definition) is 2. The summed E-state index contributed by atoms with van der Waals surface area (Å²) in [7, 11) is 0. The number of alkyl halides is 1. The van der Waals surface area contributed by atoms with E-state index in [-0.39, 0.29) is 35.9 Å². The zero-order chi connectivity index (χ0) is 32.8. The number of ketones is 1. The Morgan fingerprint density at radius 2 is 1.74 bits per heavy atom. The second kappa shape index (κ2) is 15.5. The number of carbonyl (C=O) groups is 3. The fourth-order valence-corrected chi connectivity index (χ4v) is 7.71. The van der Waals surface area contributed by atoms with Crippen LogP contribution in [-0.4, -0.2) is 97.2 Å². The molecule has 2 aromatic carbocycles. The van der Waals surface area contributed by atoms with Crippen molar-refractivity contribution in [2.24, 2.45) is 17.6 Å². The molecule has 1 amide bonds. The quantitative estimate of drug-likeness (QED) is 0.217. The molecule has 3 heterocycles. The molecule has 3 N–H and O–H groups in total. The van der Waals surface area contributed by atoms with Crippen molar-refractivity contribution in [3.63, 3.8) is 0 Å². The van der Waals surface area contributed by atoms with Gasteiger partial charge in [0.2, 0.25) is 5.91 Å². The van der Waals surface area contributed by atoms with Gasteiger partial charge in [-0.3, -0.25) is 14.5 Å². The number of nitrogens with two attached hydrogens (primary N) is 1. The number of H-pyrrole nitrogens is 1. The van der Waals surface area contributed by atoms with Gasteiger partial charge in [-0.2, -0.15) is 0 Å². The second-order valence-corrected chi connectivity index (χ2v) is 13.4. The van der Waals surface area contributed by atoms with Gasteiger partial charge >= 0.3 is 5.97 Å². The Labute approximate surface area is 275 Å². The lowest BCUT2D eigenvalue weighted by Crippen LogP contribution is -2.47. The van der Waals surface area contributed by atoms with Crippen molar-refractivity contribution in [2.45, 2.75) is 62.9 Å². The molecule has 2 aliphatic heterocycles. The Bertz CT molecular complexity index is 1520. The van der Waals surface area contributed by atoms with Crippen LogP contribution in [0.15, 0.2) is 54.6 Å². The standard InChI is InChI=1S/C37H47FN4O5/c38-24-31(39)27-8-10-28(11-9-27)36(44)42-15-13-30(26-5-2-1-3-6-26)35(42)34(43)22-25-7-12-32-29(21-25)23-33(40-32)37(45)47-18-4-14-41-16-19-46-20-17-41/h1-3,5-7,12,21,23,27-28,30-31,35,40H,4,8-11,13-20,22,24,39H2/t27?,28?,30-,31-,35+/m1/s1. The molecule has 9 nitrogen and oxygen atoms in total. The van der Waals surface area contributed by atoms with E-state index in [1.807, 2.05) is 53.4 Å². The van der Waals surface area contributed by atoms with E-state index < -0.39 is 24.7 Å². The Hall–Kier alpha value is -3.60. The molecule has 1 saturated carbocycles. The van der Waals surface area contributed by atoms with Crippen LogP contribution in [0.1, 0.15) is 66.1 Å². The number of benzene rings is 2. The summed E-state index contributed by atoms with van der Waals surface area (Å²) in [5.41, 5.74) is 9.04. The van der Waals surface area contributed by atoms with Gasteiger partial charge in [-0.1, -0.05) is 36.4 Å². The minimum atomic E-state index is -0.555. The number of aromatic amines is 1. The van der Waals surface area contributed by atoms with E-state index in [0.29, 0.717) is 31.7 Å². The monoisotopic (exact) mass is 646 g/mol. The van der Waals surface area contributed by atoms with Gasteiger partial charge in [-0.15, -0.1) is 0 Å². The van der Waals surface area contributed by atoms with Gasteiger partial charge in [0, 0.05) is 61.4 Å². The van der Waals surface area contributed by atoms with E-state index in [1.165, 1.54) is 0 Å². The molecule has 2 saturated heterocycles. The summed E-state index contributed by atoms with van der Waals surface area (Å²) in [6, 6.07) is 16.5. The predicted molar refractivity (Wildman–Crippen MR) is 178 cm³/mol. The lowest BCUT2D eigenvalue weighted by Gasteiger charge is -2.35. The minimum Gasteiger partial charge on any atom is -0.461 e. The maximum atomic E-state index is 14.1. The molecule has 1 aromatic heterocycles. The van der Waals surface area contributed by atoms with Gasteiger partial charge in [0.1, 0.15) is 12.4 Å². The second-order valence-electron chi connectivity index (χ2n) is 13.4. The number of rotatable bonds is 12. The summed E-state index contributed by atoms with van der Waals surface area (Å²) in [5, 5.41) is 0.831. The highest BCUT2D eigenvalue weighted by atomic mass is 19.1. The molecule has 1 aliphatic carbocycles. The Balaban J connectivity index is 1.11. The highest BCUT2D eigenvalue weighted by Gasteiger charge is 2.44. The average molecular weight is 647 g/mol. The SMILES string of the molecule is N[C@H](CF)C1CCC(C(=O)N2CC[C@H](c3ccccc3)[C@H]2C(=O)Cc2ccc3[nH]c(C(=O)OCCCN4CCOCC4)cc3c2)CC1. The maximum absolute atomic E-state index is 14.1. The smallest absolute Gasteiger partial charge is 0.354 e. The summed E-state index contributed by atoms with van der Waals surface area (Å²) in [5.74, 6) is -0.507. The Morgan fingerprint density at radius 1 is 0.979 bits per heavy atom. The highest BCUT2D eigenvalue weighted by Crippen LogP contribution is 2.38. The zero-order valence-corrected chi connectivity index (χ0v) is 27.1. The number of morpholine rings is 1. The van der Waals surface area contributed by atoms with Crippen LogP contribution in [0.5, 0.6) is 0 Å². The summed E-state index contributed by atoms with van der Waals surface area (Å²) in [4.78, 5) is 48.1. The number of esters is 1. The summed E-state index contributed by atoms with van der Waals surface area (Å²) < 4.78 is 24.1. The van der Waals surface area contributed by atoms with Crippen LogP contribution in [-0.2, 0) is 25.5 Å². The largest absolute Gasteiger partial charge is 0.461 e. The molecule has 252 valence electrons. The first kappa shape index (κ1) is 33.3. The summed E-state index contributed by atoms with van der Waals surface area (Å²) >= 11 is 0. The molecule has 0 bridgehead atoms. The third kappa shape index (κ3) is 7.93. The predicted octanol–water partition coefficient (Wildman–Crippen LogP) is 4.65. The van der Waals surface area contributed by atoms with E-state index in [4.69, 9.17) is 15.2 Å². The zero-order valence-electron chi connectivity index (χ0n) is 27.1. The van der Waals surface area contributed by atoms with Crippen LogP contribution in [0.25, 0.3) is 10.9 Å². The maximum Gasteiger partial charge on any atom is 0.354 e. The van der Waals surface area contributed by atoms with Crippen LogP contribution < -0.4 is 5.73 Å². The Morgan fingerprint density at radius 3 is 2.49 bits per heavy atom. The third-order valence-electron chi connectivity index (χ3n) is 10.4. The van der Waals surface area contributed by atoms with Crippen molar-refractivity contribution in [3.05, 3.63) is 71.4 Å². The number of aromatic nitrogens is 1. The average Bonchev–Trinajstić information content (AvgIpc) is 3.75. The van der Waals surface area contributed by atoms with Crippen LogP contribution in [0.2, 0.25) is 0 Å². The highest BCUT2D eigenvalue weighted by molar-refractivity contribution is 5.96. The molecular formula is C37H47FN4O5. The summed E-state index contributed by atoms with van der Waals surface area (Å²) in [6.07, 6.45) is 4.48. The number of nitrogens with one attached hydrogen (secondary N) is 1. The van der Waals surface area contributed by atoms with E-state index in [1.54, 1.807) is 6.07 Å². The van der Waals surface area contributed by atoms with E-state index in [0.717, 1.165) is 80.6 Å². The normalized spacial score (nSPS) is 24.3. The lowest BCUT2D eigenvalue weighted by molar-refractivity contribution is -0.142. The molecule has 3 aromatic rings. The number of hydrogen-bond acceptors (Lipinski definition) is 7. The Kier molecular flexibility index (Phi) is 11.0. The van der Waals surface area contributed by atoms with Gasteiger partial charge < -0.3 is 25.1 Å². The van der Waals surface area contributed by atoms with Crippen molar-refractivity contribution >= 4 is 28.6 Å². The first-order chi connectivity index (χ1) is 22.9. The van der Waals surface area contributed by atoms with Crippen molar-refractivity contribution < 1.29 is 28.2 Å². The number of carbonyl (C=O) groups excluding carboxylic acids is 3. The first-order valence-electron chi connectivity index (χ1n) is 17.2. The van der Waals surface area contributed by atoms with E-state index >= 15 is 0 Å². The van der Waals surface area contributed by atoms with Crippen molar-refractivity contribution in [3.8, 4) is 0 Å². The summed E-state index contributed by atoms with van der Waals surface area (Å²) in [6.45, 7) is 4.50.